The van der Waals surface area contributed by atoms with Crippen molar-refractivity contribution in [3.63, 3.8) is 0 Å². The van der Waals surface area contributed by atoms with Crippen molar-refractivity contribution in [1.82, 2.24) is 0 Å². The van der Waals surface area contributed by atoms with Gasteiger partial charge in [-0.15, -0.1) is 0 Å². The Labute approximate surface area is 127 Å². The highest BCUT2D eigenvalue weighted by atomic mass is 35.5. The van der Waals surface area contributed by atoms with Gasteiger partial charge >= 0.3 is 0 Å². The van der Waals surface area contributed by atoms with Crippen molar-refractivity contribution in [2.24, 2.45) is 0 Å². The molecular formula is C16H14ClNO3. The van der Waals surface area contributed by atoms with Gasteiger partial charge in [0.15, 0.2) is 0 Å². The fourth-order valence-electron chi connectivity index (χ4n) is 2.66. The Morgan fingerprint density at radius 2 is 1.95 bits per heavy atom. The molecule has 2 aromatic rings. The fraction of sp³-hybridized carbons (Fsp3) is 0.188. The number of halogens is 1. The number of hydrogen-bond donors (Lipinski definition) is 2. The van der Waals surface area contributed by atoms with Crippen molar-refractivity contribution in [3.8, 4) is 5.75 Å². The molecule has 4 nitrogen and oxygen atoms in total. The summed E-state index contributed by atoms with van der Waals surface area (Å²) in [6, 6.07) is 10.4. The maximum atomic E-state index is 12.4. The second kappa shape index (κ2) is 4.76. The van der Waals surface area contributed by atoms with Crippen LogP contribution in [-0.4, -0.2) is 18.1 Å². The first kappa shape index (κ1) is 13.9. The van der Waals surface area contributed by atoms with Crippen LogP contribution in [0.25, 0.3) is 0 Å². The number of ether oxygens (including phenoxy) is 1. The number of para-hydroxylation sites is 1. The van der Waals surface area contributed by atoms with Gasteiger partial charge in [-0.25, -0.2) is 0 Å². The molecule has 1 atom stereocenters. The Morgan fingerprint density at radius 1 is 1.24 bits per heavy atom. The SMILES string of the molecule is COc1ccccc1C1(O)C(=O)Nc2ccc(C)c(Cl)c21. The lowest BCUT2D eigenvalue weighted by atomic mass is 9.86. The third-order valence-electron chi connectivity index (χ3n) is 3.77. The molecule has 1 heterocycles. The van der Waals surface area contributed by atoms with Crippen LogP contribution in [0.3, 0.4) is 0 Å². The molecular weight excluding hydrogens is 290 g/mol. The fourth-order valence-corrected chi connectivity index (χ4v) is 2.97. The van der Waals surface area contributed by atoms with E-state index in [1.165, 1.54) is 7.11 Å². The highest BCUT2D eigenvalue weighted by Crippen LogP contribution is 2.47. The number of hydrogen-bond acceptors (Lipinski definition) is 3. The third-order valence-corrected chi connectivity index (χ3v) is 4.26. The number of aryl methyl sites for hydroxylation is 1. The van der Waals surface area contributed by atoms with Crippen molar-refractivity contribution < 1.29 is 14.6 Å². The van der Waals surface area contributed by atoms with E-state index in [9.17, 15) is 9.90 Å². The van der Waals surface area contributed by atoms with Gasteiger partial charge in [-0.3, -0.25) is 4.79 Å². The van der Waals surface area contributed by atoms with Gasteiger partial charge in [0.05, 0.1) is 12.1 Å². The Bertz CT molecular complexity index is 744. The van der Waals surface area contributed by atoms with Crippen LogP contribution in [0.5, 0.6) is 5.75 Å². The van der Waals surface area contributed by atoms with Crippen molar-refractivity contribution >= 4 is 23.2 Å². The number of rotatable bonds is 2. The number of fused-ring (bicyclic) bond motifs is 1. The zero-order valence-corrected chi connectivity index (χ0v) is 12.4. The van der Waals surface area contributed by atoms with Gasteiger partial charge in [0.1, 0.15) is 5.75 Å². The predicted molar refractivity (Wildman–Crippen MR) is 80.8 cm³/mol. The summed E-state index contributed by atoms with van der Waals surface area (Å²) in [4.78, 5) is 12.4. The molecule has 0 aromatic heterocycles. The molecule has 0 saturated heterocycles. The molecule has 0 radical (unpaired) electrons. The summed E-state index contributed by atoms with van der Waals surface area (Å²) >= 11 is 6.34. The lowest BCUT2D eigenvalue weighted by Gasteiger charge is -2.24. The number of benzene rings is 2. The quantitative estimate of drug-likeness (QED) is 0.897. The molecule has 1 aliphatic rings. The highest BCUT2D eigenvalue weighted by Gasteiger charge is 2.50. The third kappa shape index (κ3) is 1.83. The second-order valence-electron chi connectivity index (χ2n) is 4.98. The Balaban J connectivity index is 2.33. The first-order valence-electron chi connectivity index (χ1n) is 6.47. The van der Waals surface area contributed by atoms with Crippen molar-refractivity contribution in [1.29, 1.82) is 0 Å². The van der Waals surface area contributed by atoms with Gasteiger partial charge in [-0.2, -0.15) is 0 Å². The number of carbonyl (C=O) groups excluding carboxylic acids is 1. The lowest BCUT2D eigenvalue weighted by Crippen LogP contribution is -2.36. The van der Waals surface area contributed by atoms with Gasteiger partial charge in [0.25, 0.3) is 5.91 Å². The molecule has 108 valence electrons. The zero-order valence-electron chi connectivity index (χ0n) is 11.6. The number of methoxy groups -OCH3 is 1. The van der Waals surface area contributed by atoms with E-state index in [1.807, 2.05) is 6.92 Å². The highest BCUT2D eigenvalue weighted by molar-refractivity contribution is 6.34. The van der Waals surface area contributed by atoms with Gasteiger partial charge in [0, 0.05) is 16.8 Å². The minimum Gasteiger partial charge on any atom is -0.496 e. The van der Waals surface area contributed by atoms with Gasteiger partial charge < -0.3 is 15.2 Å². The van der Waals surface area contributed by atoms with E-state index in [4.69, 9.17) is 16.3 Å². The number of anilines is 1. The number of aliphatic hydroxyl groups is 1. The van der Waals surface area contributed by atoms with Crippen molar-refractivity contribution in [2.45, 2.75) is 12.5 Å². The Morgan fingerprint density at radius 3 is 2.67 bits per heavy atom. The van der Waals surface area contributed by atoms with Gasteiger partial charge in [-0.05, 0) is 24.6 Å². The summed E-state index contributed by atoms with van der Waals surface area (Å²) in [5.41, 5.74) is 0.199. The number of amides is 1. The average molecular weight is 304 g/mol. The Kier molecular flexibility index (Phi) is 3.15. The molecule has 0 bridgehead atoms. The average Bonchev–Trinajstić information content (AvgIpc) is 2.76. The maximum absolute atomic E-state index is 12.4. The van der Waals surface area contributed by atoms with E-state index in [2.05, 4.69) is 5.32 Å². The maximum Gasteiger partial charge on any atom is 0.266 e. The molecule has 0 fully saturated rings. The molecule has 0 spiro atoms. The van der Waals surface area contributed by atoms with Crippen LogP contribution in [0.15, 0.2) is 36.4 Å². The van der Waals surface area contributed by atoms with Crippen LogP contribution in [-0.2, 0) is 10.4 Å². The summed E-state index contributed by atoms with van der Waals surface area (Å²) < 4.78 is 5.27. The Hall–Kier alpha value is -2.04. The zero-order chi connectivity index (χ0) is 15.2. The predicted octanol–water partition coefficient (Wildman–Crippen LogP) is 2.85. The monoisotopic (exact) mass is 303 g/mol. The standard InChI is InChI=1S/C16H14ClNO3/c1-9-7-8-11-13(14(9)17)16(20,15(19)18-11)10-5-3-4-6-12(10)21-2/h3-8,20H,1-2H3,(H,18,19). The number of carbonyl (C=O) groups is 1. The summed E-state index contributed by atoms with van der Waals surface area (Å²) in [6.45, 7) is 1.83. The molecule has 2 aromatic carbocycles. The van der Waals surface area contributed by atoms with Crippen LogP contribution >= 0.6 is 11.6 Å². The number of nitrogens with one attached hydrogen (secondary N) is 1. The lowest BCUT2D eigenvalue weighted by molar-refractivity contribution is -0.129. The minimum atomic E-state index is -1.86. The van der Waals surface area contributed by atoms with E-state index in [-0.39, 0.29) is 0 Å². The molecule has 0 saturated carbocycles. The summed E-state index contributed by atoms with van der Waals surface area (Å²) in [7, 11) is 1.49. The van der Waals surface area contributed by atoms with Gasteiger partial charge in [-0.1, -0.05) is 35.9 Å². The van der Waals surface area contributed by atoms with Crippen molar-refractivity contribution in [3.05, 3.63) is 58.1 Å². The first-order valence-corrected chi connectivity index (χ1v) is 6.85. The minimum absolute atomic E-state index is 0.372. The molecule has 0 aliphatic carbocycles. The molecule has 5 heteroatoms. The van der Waals surface area contributed by atoms with E-state index < -0.39 is 11.5 Å². The van der Waals surface area contributed by atoms with E-state index in [1.54, 1.807) is 36.4 Å². The van der Waals surface area contributed by atoms with Crippen LogP contribution in [0.4, 0.5) is 5.69 Å². The molecule has 3 rings (SSSR count). The molecule has 2 N–H and O–H groups in total. The van der Waals surface area contributed by atoms with Crippen molar-refractivity contribution in [2.75, 3.05) is 12.4 Å². The smallest absolute Gasteiger partial charge is 0.266 e. The summed E-state index contributed by atoms with van der Waals surface area (Å²) in [5.74, 6) is -0.102. The van der Waals surface area contributed by atoms with Gasteiger partial charge in [0.2, 0.25) is 5.60 Å². The molecule has 1 unspecified atom stereocenters. The summed E-state index contributed by atoms with van der Waals surface area (Å²) in [5, 5.41) is 14.2. The van der Waals surface area contributed by atoms with Crippen LogP contribution in [0.1, 0.15) is 16.7 Å². The first-order chi connectivity index (χ1) is 10.00. The van der Waals surface area contributed by atoms with Crippen LogP contribution < -0.4 is 10.1 Å². The van der Waals surface area contributed by atoms with Crippen LogP contribution in [0, 0.1) is 6.92 Å². The van der Waals surface area contributed by atoms with Crippen LogP contribution in [0.2, 0.25) is 5.02 Å². The molecule has 1 aliphatic heterocycles. The second-order valence-corrected chi connectivity index (χ2v) is 5.36. The summed E-state index contributed by atoms with van der Waals surface area (Å²) in [6.07, 6.45) is 0. The topological polar surface area (TPSA) is 58.6 Å². The normalized spacial score (nSPS) is 20.1. The van der Waals surface area contributed by atoms with E-state index in [0.29, 0.717) is 27.6 Å². The molecule has 21 heavy (non-hydrogen) atoms. The largest absolute Gasteiger partial charge is 0.496 e. The molecule has 1 amide bonds. The van der Waals surface area contributed by atoms with E-state index >= 15 is 0 Å². The van der Waals surface area contributed by atoms with E-state index in [0.717, 1.165) is 5.56 Å².